The normalized spacial score (nSPS) is 11.7. The number of amides is 1. The van der Waals surface area contributed by atoms with Gasteiger partial charge in [0.15, 0.2) is 0 Å². The van der Waals surface area contributed by atoms with E-state index in [0.717, 1.165) is 5.56 Å². The Balaban J connectivity index is 2.98. The molecular weight excluding hydrogens is 284 g/mol. The Morgan fingerprint density at radius 3 is 2.32 bits per heavy atom. The maximum atomic E-state index is 11.9. The first-order valence-corrected chi connectivity index (χ1v) is 7.17. The minimum absolute atomic E-state index is 0.0189. The first-order chi connectivity index (χ1) is 10.4. The molecule has 0 aliphatic carbocycles. The van der Waals surface area contributed by atoms with Gasteiger partial charge in [0.1, 0.15) is 17.3 Å². The summed E-state index contributed by atoms with van der Waals surface area (Å²) >= 11 is 0. The van der Waals surface area contributed by atoms with Crippen LogP contribution in [0.15, 0.2) is 12.1 Å². The third-order valence-electron chi connectivity index (χ3n) is 3.12. The summed E-state index contributed by atoms with van der Waals surface area (Å²) in [4.78, 5) is 22.8. The van der Waals surface area contributed by atoms with Crippen molar-refractivity contribution in [3.05, 3.63) is 17.7 Å². The quantitative estimate of drug-likeness (QED) is 0.765. The lowest BCUT2D eigenvalue weighted by Gasteiger charge is -2.16. The number of Topliss-reactive ketones (excluding diaryl/α,β-unsaturated/α-hetero) is 1. The van der Waals surface area contributed by atoms with Crippen molar-refractivity contribution >= 4 is 17.4 Å². The van der Waals surface area contributed by atoms with Crippen molar-refractivity contribution in [2.24, 2.45) is 5.73 Å². The Hall–Kier alpha value is -2.08. The van der Waals surface area contributed by atoms with Crippen molar-refractivity contribution in [1.82, 2.24) is 0 Å². The van der Waals surface area contributed by atoms with E-state index in [0.29, 0.717) is 23.6 Å². The number of ether oxygens (including phenoxy) is 2. The van der Waals surface area contributed by atoms with Crippen LogP contribution in [0.4, 0.5) is 5.69 Å². The van der Waals surface area contributed by atoms with Crippen LogP contribution in [0, 0.1) is 0 Å². The van der Waals surface area contributed by atoms with Crippen molar-refractivity contribution in [1.29, 1.82) is 0 Å². The highest BCUT2D eigenvalue weighted by atomic mass is 16.5. The molecule has 3 N–H and O–H groups in total. The van der Waals surface area contributed by atoms with Crippen LogP contribution in [-0.4, -0.2) is 32.0 Å². The number of methoxy groups -OCH3 is 2. The number of anilines is 1. The number of ketones is 1. The second-order valence-electron chi connectivity index (χ2n) is 5.30. The Labute approximate surface area is 131 Å². The van der Waals surface area contributed by atoms with Gasteiger partial charge in [-0.3, -0.25) is 4.79 Å². The molecule has 0 heterocycles. The van der Waals surface area contributed by atoms with Crippen molar-refractivity contribution in [2.75, 3.05) is 19.5 Å². The first-order valence-electron chi connectivity index (χ1n) is 7.17. The minimum atomic E-state index is -0.240. The second kappa shape index (κ2) is 8.38. The molecule has 22 heavy (non-hydrogen) atoms. The Morgan fingerprint density at radius 2 is 1.82 bits per heavy atom. The van der Waals surface area contributed by atoms with Crippen LogP contribution in [0.5, 0.6) is 11.5 Å². The van der Waals surface area contributed by atoms with Crippen LogP contribution in [0.1, 0.15) is 32.3 Å². The van der Waals surface area contributed by atoms with E-state index in [1.165, 1.54) is 14.0 Å². The van der Waals surface area contributed by atoms with Crippen molar-refractivity contribution in [3.63, 3.8) is 0 Å². The van der Waals surface area contributed by atoms with Crippen molar-refractivity contribution < 1.29 is 19.1 Å². The molecule has 1 amide bonds. The molecule has 0 saturated carbocycles. The number of benzene rings is 1. The molecule has 0 aliphatic heterocycles. The number of carbonyl (C=O) groups is 2. The van der Waals surface area contributed by atoms with E-state index in [1.807, 2.05) is 13.0 Å². The maximum absolute atomic E-state index is 11.9. The number of carbonyl (C=O) groups excluding carboxylic acids is 2. The number of nitrogens with one attached hydrogen (secondary N) is 1. The second-order valence-corrected chi connectivity index (χ2v) is 5.30. The van der Waals surface area contributed by atoms with Crippen LogP contribution in [0.25, 0.3) is 0 Å². The summed E-state index contributed by atoms with van der Waals surface area (Å²) in [7, 11) is 3.09. The maximum Gasteiger partial charge on any atom is 0.224 e. The lowest BCUT2D eigenvalue weighted by molar-refractivity contribution is -0.121. The highest BCUT2D eigenvalue weighted by molar-refractivity contribution is 5.94. The third kappa shape index (κ3) is 5.37. The number of nitrogens with two attached hydrogens (primary N) is 1. The highest BCUT2D eigenvalue weighted by Gasteiger charge is 2.14. The van der Waals surface area contributed by atoms with E-state index in [9.17, 15) is 9.59 Å². The largest absolute Gasteiger partial charge is 0.496 e. The van der Waals surface area contributed by atoms with Gasteiger partial charge in [0.2, 0.25) is 5.91 Å². The molecule has 6 nitrogen and oxygen atoms in total. The third-order valence-corrected chi connectivity index (χ3v) is 3.12. The molecular formula is C16H24N2O4. The van der Waals surface area contributed by atoms with Crippen LogP contribution >= 0.6 is 0 Å². The zero-order valence-electron chi connectivity index (χ0n) is 13.6. The van der Waals surface area contributed by atoms with Crippen LogP contribution in [0.3, 0.4) is 0 Å². The van der Waals surface area contributed by atoms with Crippen molar-refractivity contribution in [3.8, 4) is 11.5 Å². The summed E-state index contributed by atoms with van der Waals surface area (Å²) in [5.74, 6) is 0.912. The molecule has 0 aliphatic rings. The predicted octanol–water partition coefficient (Wildman–Crippen LogP) is 1.90. The summed E-state index contributed by atoms with van der Waals surface area (Å²) in [6.45, 7) is 3.36. The van der Waals surface area contributed by atoms with Crippen molar-refractivity contribution in [2.45, 2.75) is 39.2 Å². The van der Waals surface area contributed by atoms with Gasteiger partial charge in [0.05, 0.1) is 19.9 Å². The van der Waals surface area contributed by atoms with Gasteiger partial charge < -0.3 is 25.3 Å². The number of rotatable bonds is 8. The average Bonchev–Trinajstić information content (AvgIpc) is 2.45. The van der Waals surface area contributed by atoms with E-state index in [4.69, 9.17) is 15.2 Å². The Morgan fingerprint density at radius 1 is 1.18 bits per heavy atom. The predicted molar refractivity (Wildman–Crippen MR) is 85.4 cm³/mol. The molecule has 0 bridgehead atoms. The van der Waals surface area contributed by atoms with E-state index in [1.54, 1.807) is 13.2 Å². The molecule has 1 atom stereocenters. The molecule has 0 saturated heterocycles. The molecule has 0 radical (unpaired) electrons. The topological polar surface area (TPSA) is 90.6 Å². The van der Waals surface area contributed by atoms with Gasteiger partial charge in [-0.05, 0) is 31.9 Å². The van der Waals surface area contributed by atoms with Crippen LogP contribution < -0.4 is 20.5 Å². The molecule has 6 heteroatoms. The lowest BCUT2D eigenvalue weighted by Crippen LogP contribution is -2.18. The van der Waals surface area contributed by atoms with Gasteiger partial charge in [0, 0.05) is 24.9 Å². The van der Waals surface area contributed by atoms with Gasteiger partial charge in [0.25, 0.3) is 0 Å². The molecule has 1 aromatic rings. The molecule has 122 valence electrons. The monoisotopic (exact) mass is 308 g/mol. The van der Waals surface area contributed by atoms with E-state index in [-0.39, 0.29) is 30.6 Å². The van der Waals surface area contributed by atoms with Gasteiger partial charge >= 0.3 is 0 Å². The summed E-state index contributed by atoms with van der Waals surface area (Å²) in [5.41, 5.74) is 7.26. The van der Waals surface area contributed by atoms with Crippen LogP contribution in [0.2, 0.25) is 0 Å². The summed E-state index contributed by atoms with van der Waals surface area (Å²) in [6, 6.07) is 3.50. The molecule has 0 spiro atoms. The SMILES string of the molecule is COc1cc(NC(=O)CCC(C)=O)c(OC)cc1C[C@H](C)N. The molecule has 1 aromatic carbocycles. The van der Waals surface area contributed by atoms with Gasteiger partial charge in [-0.15, -0.1) is 0 Å². The lowest BCUT2D eigenvalue weighted by atomic mass is 10.0. The van der Waals surface area contributed by atoms with E-state index >= 15 is 0 Å². The summed E-state index contributed by atoms with van der Waals surface area (Å²) < 4.78 is 10.7. The van der Waals surface area contributed by atoms with Crippen LogP contribution in [-0.2, 0) is 16.0 Å². The van der Waals surface area contributed by atoms with Gasteiger partial charge in [-0.25, -0.2) is 0 Å². The number of hydrogen-bond donors (Lipinski definition) is 2. The van der Waals surface area contributed by atoms with Gasteiger partial charge in [-0.2, -0.15) is 0 Å². The summed E-state index contributed by atoms with van der Waals surface area (Å²) in [5, 5.41) is 2.74. The highest BCUT2D eigenvalue weighted by Crippen LogP contribution is 2.33. The molecule has 0 aromatic heterocycles. The fourth-order valence-corrected chi connectivity index (χ4v) is 2.07. The Bertz CT molecular complexity index is 541. The van der Waals surface area contributed by atoms with E-state index < -0.39 is 0 Å². The van der Waals surface area contributed by atoms with E-state index in [2.05, 4.69) is 5.32 Å². The minimum Gasteiger partial charge on any atom is -0.496 e. The zero-order chi connectivity index (χ0) is 16.7. The zero-order valence-corrected chi connectivity index (χ0v) is 13.6. The molecule has 0 fully saturated rings. The fourth-order valence-electron chi connectivity index (χ4n) is 2.07. The Kier molecular flexibility index (Phi) is 6.85. The average molecular weight is 308 g/mol. The van der Waals surface area contributed by atoms with Gasteiger partial charge in [-0.1, -0.05) is 0 Å². The fraction of sp³-hybridized carbons (Fsp3) is 0.500. The smallest absolute Gasteiger partial charge is 0.224 e. The summed E-state index contributed by atoms with van der Waals surface area (Å²) in [6.07, 6.45) is 0.995. The molecule has 1 rings (SSSR count). The molecule has 0 unspecified atom stereocenters. The number of hydrogen-bond acceptors (Lipinski definition) is 5. The first kappa shape index (κ1) is 18.0. The standard InChI is InChI=1S/C16H24N2O4/c1-10(17)7-12-8-15(22-4)13(9-14(12)21-3)18-16(20)6-5-11(2)19/h8-10H,5-7,17H2,1-4H3,(H,18,20)/t10-/m0/s1.